The Morgan fingerprint density at radius 3 is 2.08 bits per heavy atom. The molecule has 1 nitrogen and oxygen atoms in total. The van der Waals surface area contributed by atoms with Gasteiger partial charge in [0.2, 0.25) is 0 Å². The number of aliphatic hydroxyl groups is 1. The Morgan fingerprint density at radius 2 is 1.54 bits per heavy atom. The van der Waals surface area contributed by atoms with Gasteiger partial charge in [0.15, 0.2) is 17.5 Å². The van der Waals surface area contributed by atoms with Crippen LogP contribution in [0.2, 0.25) is 0 Å². The minimum atomic E-state index is -1.46. The number of hydrogen-bond donors (Lipinski definition) is 1. The van der Waals surface area contributed by atoms with Crippen molar-refractivity contribution in [1.29, 1.82) is 0 Å². The van der Waals surface area contributed by atoms with Crippen LogP contribution in [0.15, 0.2) is 12.1 Å². The second-order valence-corrected chi connectivity index (χ2v) is 9.38. The van der Waals surface area contributed by atoms with Crippen LogP contribution in [0.1, 0.15) is 76.7 Å². The summed E-state index contributed by atoms with van der Waals surface area (Å²) in [7, 11) is 0. The molecule has 0 radical (unpaired) electrons. The van der Waals surface area contributed by atoms with E-state index in [0.717, 1.165) is 42.7 Å². The van der Waals surface area contributed by atoms with Crippen molar-refractivity contribution >= 4 is 0 Å². The van der Waals surface area contributed by atoms with Gasteiger partial charge in [-0.05, 0) is 79.4 Å². The largest absolute Gasteiger partial charge is 0.385 e. The third kappa shape index (κ3) is 3.08. The highest BCUT2D eigenvalue weighted by molar-refractivity contribution is 5.30. The van der Waals surface area contributed by atoms with Crippen LogP contribution in [0.3, 0.4) is 0 Å². The van der Waals surface area contributed by atoms with E-state index < -0.39 is 23.1 Å². The molecule has 1 aromatic carbocycles. The molecule has 0 amide bonds. The van der Waals surface area contributed by atoms with E-state index in [0.29, 0.717) is 12.8 Å². The molecule has 0 atom stereocenters. The van der Waals surface area contributed by atoms with Crippen molar-refractivity contribution in [2.45, 2.75) is 76.7 Å². The summed E-state index contributed by atoms with van der Waals surface area (Å²) in [6.07, 6.45) is 11.4. The van der Waals surface area contributed by atoms with E-state index in [4.69, 9.17) is 0 Å². The minimum Gasteiger partial charge on any atom is -0.385 e. The molecule has 3 aliphatic carbocycles. The molecule has 0 aromatic heterocycles. The molecule has 3 saturated carbocycles. The van der Waals surface area contributed by atoms with Crippen LogP contribution in [0.5, 0.6) is 0 Å². The first-order valence-electron chi connectivity index (χ1n) is 10.2. The van der Waals surface area contributed by atoms with E-state index in [9.17, 15) is 18.3 Å². The van der Waals surface area contributed by atoms with Crippen LogP contribution >= 0.6 is 0 Å². The Morgan fingerprint density at radius 1 is 0.962 bits per heavy atom. The molecule has 1 aromatic rings. The van der Waals surface area contributed by atoms with Gasteiger partial charge in [0.1, 0.15) is 0 Å². The fraction of sp³-hybridized carbons (Fsp3) is 0.727. The molecule has 4 rings (SSSR count). The molecular weight excluding hydrogens is 337 g/mol. The van der Waals surface area contributed by atoms with E-state index in [1.54, 1.807) is 0 Å². The molecule has 0 unspecified atom stereocenters. The monoisotopic (exact) mass is 366 g/mol. The fourth-order valence-corrected chi connectivity index (χ4v) is 6.25. The highest BCUT2D eigenvalue weighted by Crippen LogP contribution is 2.67. The normalized spacial score (nSPS) is 39.5. The van der Waals surface area contributed by atoms with Gasteiger partial charge in [0, 0.05) is 0 Å². The van der Waals surface area contributed by atoms with E-state index in [1.165, 1.54) is 38.5 Å². The number of benzene rings is 1. The highest BCUT2D eigenvalue weighted by atomic mass is 19.2. The summed E-state index contributed by atoms with van der Waals surface area (Å²) in [6, 6.07) is 1.91. The zero-order valence-corrected chi connectivity index (χ0v) is 15.5. The molecule has 0 aliphatic heterocycles. The van der Waals surface area contributed by atoms with Gasteiger partial charge in [0.25, 0.3) is 0 Å². The molecule has 144 valence electrons. The van der Waals surface area contributed by atoms with Gasteiger partial charge in [-0.25, -0.2) is 13.2 Å². The summed E-state index contributed by atoms with van der Waals surface area (Å²) in [5.74, 6) is -1.41. The highest BCUT2D eigenvalue weighted by Gasteiger charge is 2.61. The summed E-state index contributed by atoms with van der Waals surface area (Å²) in [5, 5.41) is 10.8. The Bertz CT molecular complexity index is 641. The molecule has 3 fully saturated rings. The van der Waals surface area contributed by atoms with Gasteiger partial charge in [-0.15, -0.1) is 0 Å². The Hall–Kier alpha value is -1.03. The zero-order valence-electron chi connectivity index (χ0n) is 15.5. The number of hydrogen-bond acceptors (Lipinski definition) is 1. The van der Waals surface area contributed by atoms with Crippen molar-refractivity contribution in [3.05, 3.63) is 35.1 Å². The maximum Gasteiger partial charge on any atom is 0.194 e. The molecule has 1 spiro atoms. The molecular formula is C22H29F3O. The van der Waals surface area contributed by atoms with Gasteiger partial charge >= 0.3 is 0 Å². The quantitative estimate of drug-likeness (QED) is 0.640. The Kier molecular flexibility index (Phi) is 4.61. The van der Waals surface area contributed by atoms with E-state index >= 15 is 0 Å². The topological polar surface area (TPSA) is 20.2 Å². The lowest BCUT2D eigenvalue weighted by Crippen LogP contribution is -2.57. The Balaban J connectivity index is 1.32. The van der Waals surface area contributed by atoms with Gasteiger partial charge < -0.3 is 5.11 Å². The first kappa shape index (κ1) is 18.3. The van der Waals surface area contributed by atoms with Crippen molar-refractivity contribution in [2.24, 2.45) is 23.2 Å². The summed E-state index contributed by atoms with van der Waals surface area (Å²) < 4.78 is 40.1. The lowest BCUT2D eigenvalue weighted by molar-refractivity contribution is -0.196. The number of rotatable bonds is 4. The lowest BCUT2D eigenvalue weighted by atomic mass is 9.43. The smallest absolute Gasteiger partial charge is 0.194 e. The van der Waals surface area contributed by atoms with Crippen LogP contribution in [-0.4, -0.2) is 5.11 Å². The predicted molar refractivity (Wildman–Crippen MR) is 95.0 cm³/mol. The Labute approximate surface area is 154 Å². The third-order valence-electron chi connectivity index (χ3n) is 7.50. The standard InChI is InChI=1S/C22H29F3O/c1-2-3-14-4-6-15(7-5-14)16-10-21(11-16)12-22(26,13-21)17-8-18(23)20(25)19(24)9-17/h8-9,14-16,26H,2-7,10-13H2,1H3. The van der Waals surface area contributed by atoms with E-state index in [1.807, 2.05) is 0 Å². The molecule has 0 bridgehead atoms. The second-order valence-electron chi connectivity index (χ2n) is 9.38. The maximum atomic E-state index is 13.5. The maximum absolute atomic E-state index is 13.5. The van der Waals surface area contributed by atoms with E-state index in [2.05, 4.69) is 6.92 Å². The van der Waals surface area contributed by atoms with Gasteiger partial charge in [-0.2, -0.15) is 0 Å². The summed E-state index contributed by atoms with van der Waals surface area (Å²) in [6.45, 7) is 2.26. The first-order chi connectivity index (χ1) is 12.3. The SMILES string of the molecule is CCCC1CCC(C2CC3(C2)CC(O)(c2cc(F)c(F)c(F)c2)C3)CC1. The molecule has 0 saturated heterocycles. The first-order valence-corrected chi connectivity index (χ1v) is 10.2. The molecule has 0 heterocycles. The van der Waals surface area contributed by atoms with Gasteiger partial charge in [-0.3, -0.25) is 0 Å². The van der Waals surface area contributed by atoms with Crippen molar-refractivity contribution < 1.29 is 18.3 Å². The summed E-state index contributed by atoms with van der Waals surface area (Å²) >= 11 is 0. The minimum absolute atomic E-state index is 0.140. The van der Waals surface area contributed by atoms with Crippen LogP contribution in [0.4, 0.5) is 13.2 Å². The van der Waals surface area contributed by atoms with Crippen LogP contribution in [-0.2, 0) is 5.60 Å². The van der Waals surface area contributed by atoms with E-state index in [-0.39, 0.29) is 11.0 Å². The summed E-state index contributed by atoms with van der Waals surface area (Å²) in [4.78, 5) is 0. The average molecular weight is 366 g/mol. The zero-order chi connectivity index (χ0) is 18.5. The second kappa shape index (κ2) is 6.54. The summed E-state index contributed by atoms with van der Waals surface area (Å²) in [5.41, 5.74) is -0.872. The van der Waals surface area contributed by atoms with Crippen LogP contribution in [0, 0.1) is 40.6 Å². The third-order valence-corrected chi connectivity index (χ3v) is 7.50. The lowest BCUT2D eigenvalue weighted by Gasteiger charge is -2.63. The van der Waals surface area contributed by atoms with Crippen molar-refractivity contribution in [2.75, 3.05) is 0 Å². The molecule has 1 N–H and O–H groups in total. The van der Waals surface area contributed by atoms with Crippen molar-refractivity contribution in [1.82, 2.24) is 0 Å². The predicted octanol–water partition coefficient (Wildman–Crippen LogP) is 6.09. The molecule has 26 heavy (non-hydrogen) atoms. The van der Waals surface area contributed by atoms with Crippen molar-refractivity contribution in [3.63, 3.8) is 0 Å². The van der Waals surface area contributed by atoms with Crippen LogP contribution in [0.25, 0.3) is 0 Å². The van der Waals surface area contributed by atoms with Crippen LogP contribution < -0.4 is 0 Å². The fourth-order valence-electron chi connectivity index (χ4n) is 6.25. The molecule has 4 heteroatoms. The average Bonchev–Trinajstić information content (AvgIpc) is 2.55. The van der Waals surface area contributed by atoms with Crippen molar-refractivity contribution in [3.8, 4) is 0 Å². The van der Waals surface area contributed by atoms with Gasteiger partial charge in [0.05, 0.1) is 5.60 Å². The van der Waals surface area contributed by atoms with Gasteiger partial charge in [-0.1, -0.05) is 32.6 Å². The number of halogens is 3. The molecule has 3 aliphatic rings.